The molecule has 0 spiro atoms. The zero-order chi connectivity index (χ0) is 16.9. The van der Waals surface area contributed by atoms with Crippen molar-refractivity contribution in [1.82, 2.24) is 9.78 Å². The van der Waals surface area contributed by atoms with Gasteiger partial charge in [0.1, 0.15) is 5.75 Å². The van der Waals surface area contributed by atoms with E-state index in [4.69, 9.17) is 0 Å². The van der Waals surface area contributed by atoms with Crippen molar-refractivity contribution in [1.29, 1.82) is 0 Å². The van der Waals surface area contributed by atoms with Crippen LogP contribution in [-0.2, 0) is 13.0 Å². The van der Waals surface area contributed by atoms with Crippen LogP contribution in [0.1, 0.15) is 28.4 Å². The normalized spacial score (nSPS) is 10.5. The van der Waals surface area contributed by atoms with Crippen LogP contribution in [0.3, 0.4) is 0 Å². The number of carbonyl (C=O) groups is 1. The van der Waals surface area contributed by atoms with Crippen molar-refractivity contribution in [2.45, 2.75) is 19.9 Å². The van der Waals surface area contributed by atoms with Crippen molar-refractivity contribution in [3.63, 3.8) is 0 Å². The van der Waals surface area contributed by atoms with Crippen molar-refractivity contribution in [3.05, 3.63) is 77.6 Å². The Morgan fingerprint density at radius 3 is 2.67 bits per heavy atom. The maximum absolute atomic E-state index is 12.4. The van der Waals surface area contributed by atoms with Gasteiger partial charge in [-0.15, -0.1) is 0 Å². The Kier molecular flexibility index (Phi) is 4.61. The summed E-state index contributed by atoms with van der Waals surface area (Å²) in [4.78, 5) is 12.4. The molecule has 0 unspecified atom stereocenters. The lowest BCUT2D eigenvalue weighted by Crippen LogP contribution is -2.12. The zero-order valence-electron chi connectivity index (χ0n) is 13.4. The second kappa shape index (κ2) is 7.00. The Bertz CT molecular complexity index is 841. The lowest BCUT2D eigenvalue weighted by molar-refractivity contribution is 0.102. The molecule has 5 heteroatoms. The number of nitrogens with zero attached hydrogens (tertiary/aromatic N) is 2. The predicted octanol–water partition coefficient (Wildman–Crippen LogP) is 3.45. The SMILES string of the molecule is CCn1cc(NC(=O)c2cc(Cc3ccccc3)ccc2O)cn1. The standard InChI is InChI=1S/C19H19N3O2/c1-2-22-13-16(12-20-22)21-19(24)17-11-15(8-9-18(17)23)10-14-6-4-3-5-7-14/h3-9,11-13,23H,2,10H2,1H3,(H,21,24). The van der Waals surface area contributed by atoms with Gasteiger partial charge in [0.15, 0.2) is 0 Å². The van der Waals surface area contributed by atoms with Crippen LogP contribution in [0.2, 0.25) is 0 Å². The smallest absolute Gasteiger partial charge is 0.259 e. The first-order valence-electron chi connectivity index (χ1n) is 7.85. The molecule has 3 rings (SSSR count). The highest BCUT2D eigenvalue weighted by molar-refractivity contribution is 6.06. The van der Waals surface area contributed by atoms with E-state index in [9.17, 15) is 9.90 Å². The first kappa shape index (κ1) is 15.8. The molecule has 5 nitrogen and oxygen atoms in total. The van der Waals surface area contributed by atoms with E-state index in [2.05, 4.69) is 10.4 Å². The molecule has 3 aromatic rings. The van der Waals surface area contributed by atoms with Gasteiger partial charge in [0.25, 0.3) is 5.91 Å². The Morgan fingerprint density at radius 1 is 1.17 bits per heavy atom. The van der Waals surface area contributed by atoms with Crippen molar-refractivity contribution in [2.24, 2.45) is 0 Å². The lowest BCUT2D eigenvalue weighted by atomic mass is 10.0. The number of amides is 1. The third-order valence-electron chi connectivity index (χ3n) is 3.77. The third kappa shape index (κ3) is 3.63. The van der Waals surface area contributed by atoms with Crippen LogP contribution in [0.5, 0.6) is 5.75 Å². The first-order chi connectivity index (χ1) is 11.7. The highest BCUT2D eigenvalue weighted by atomic mass is 16.3. The molecule has 0 aliphatic heterocycles. The molecule has 122 valence electrons. The molecule has 2 aromatic carbocycles. The van der Waals surface area contributed by atoms with Crippen molar-refractivity contribution in [3.8, 4) is 5.75 Å². The molecular formula is C19H19N3O2. The summed E-state index contributed by atoms with van der Waals surface area (Å²) in [6, 6.07) is 15.1. The maximum Gasteiger partial charge on any atom is 0.259 e. The summed E-state index contributed by atoms with van der Waals surface area (Å²) in [5.41, 5.74) is 2.98. The van der Waals surface area contributed by atoms with Gasteiger partial charge in [0.2, 0.25) is 0 Å². The van der Waals surface area contributed by atoms with E-state index in [0.717, 1.165) is 17.7 Å². The van der Waals surface area contributed by atoms with Gasteiger partial charge in [-0.05, 0) is 36.6 Å². The number of aryl methyl sites for hydroxylation is 1. The molecule has 0 saturated carbocycles. The van der Waals surface area contributed by atoms with Crippen LogP contribution in [0, 0.1) is 0 Å². The number of phenolic OH excluding ortho intramolecular Hbond substituents is 1. The largest absolute Gasteiger partial charge is 0.507 e. The number of hydrogen-bond donors (Lipinski definition) is 2. The van der Waals surface area contributed by atoms with Crippen molar-refractivity contribution in [2.75, 3.05) is 5.32 Å². The van der Waals surface area contributed by atoms with E-state index in [1.54, 1.807) is 29.2 Å². The van der Waals surface area contributed by atoms with Gasteiger partial charge < -0.3 is 10.4 Å². The second-order valence-electron chi connectivity index (χ2n) is 5.55. The minimum absolute atomic E-state index is 0.0350. The fourth-order valence-electron chi connectivity index (χ4n) is 2.51. The third-order valence-corrected chi connectivity index (χ3v) is 3.77. The van der Waals surface area contributed by atoms with Crippen molar-refractivity contribution < 1.29 is 9.90 Å². The molecule has 0 aliphatic rings. The Morgan fingerprint density at radius 2 is 1.96 bits per heavy atom. The highest BCUT2D eigenvalue weighted by Crippen LogP contribution is 2.22. The van der Waals surface area contributed by atoms with E-state index in [1.165, 1.54) is 0 Å². The molecule has 0 aliphatic carbocycles. The fourth-order valence-corrected chi connectivity index (χ4v) is 2.51. The second-order valence-corrected chi connectivity index (χ2v) is 5.55. The van der Waals surface area contributed by atoms with Crippen LogP contribution in [0.15, 0.2) is 60.9 Å². The number of benzene rings is 2. The van der Waals surface area contributed by atoms with Crippen LogP contribution in [0.25, 0.3) is 0 Å². The predicted molar refractivity (Wildman–Crippen MR) is 93.2 cm³/mol. The zero-order valence-corrected chi connectivity index (χ0v) is 13.4. The van der Waals surface area contributed by atoms with E-state index in [1.807, 2.05) is 43.3 Å². The summed E-state index contributed by atoms with van der Waals surface area (Å²) in [6.07, 6.45) is 4.05. The minimum atomic E-state index is -0.349. The molecular weight excluding hydrogens is 302 g/mol. The van der Waals surface area contributed by atoms with Crippen LogP contribution < -0.4 is 5.32 Å². The van der Waals surface area contributed by atoms with Gasteiger partial charge in [-0.2, -0.15) is 5.10 Å². The number of carbonyl (C=O) groups excluding carboxylic acids is 1. The molecule has 0 atom stereocenters. The molecule has 24 heavy (non-hydrogen) atoms. The number of hydrogen-bond acceptors (Lipinski definition) is 3. The summed E-state index contributed by atoms with van der Waals surface area (Å²) in [7, 11) is 0. The van der Waals surface area contributed by atoms with Gasteiger partial charge in [-0.3, -0.25) is 9.48 Å². The Labute approximate surface area is 140 Å². The average Bonchev–Trinajstić information content (AvgIpc) is 3.05. The number of aromatic nitrogens is 2. The molecule has 1 amide bonds. The summed E-state index contributed by atoms with van der Waals surface area (Å²) in [6.45, 7) is 2.70. The van der Waals surface area contributed by atoms with Crippen LogP contribution >= 0.6 is 0 Å². The van der Waals surface area contributed by atoms with Crippen LogP contribution in [-0.4, -0.2) is 20.8 Å². The topological polar surface area (TPSA) is 67.2 Å². The number of rotatable bonds is 5. The Hall–Kier alpha value is -3.08. The van der Waals surface area contributed by atoms with E-state index in [-0.39, 0.29) is 17.2 Å². The van der Waals surface area contributed by atoms with Crippen molar-refractivity contribution >= 4 is 11.6 Å². The number of nitrogens with one attached hydrogen (secondary N) is 1. The number of phenols is 1. The van der Waals surface area contributed by atoms with Gasteiger partial charge in [-0.1, -0.05) is 36.4 Å². The van der Waals surface area contributed by atoms with Crippen LogP contribution in [0.4, 0.5) is 5.69 Å². The Balaban J connectivity index is 1.79. The summed E-state index contributed by atoms with van der Waals surface area (Å²) in [5.74, 6) is -0.384. The molecule has 0 fully saturated rings. The minimum Gasteiger partial charge on any atom is -0.507 e. The average molecular weight is 321 g/mol. The van der Waals surface area contributed by atoms with E-state index in [0.29, 0.717) is 12.1 Å². The molecule has 1 heterocycles. The lowest BCUT2D eigenvalue weighted by Gasteiger charge is -2.08. The van der Waals surface area contributed by atoms with E-state index >= 15 is 0 Å². The van der Waals surface area contributed by atoms with Gasteiger partial charge in [0, 0.05) is 12.7 Å². The van der Waals surface area contributed by atoms with Gasteiger partial charge in [0.05, 0.1) is 17.4 Å². The van der Waals surface area contributed by atoms with E-state index < -0.39 is 0 Å². The molecule has 0 bridgehead atoms. The molecule has 1 aromatic heterocycles. The van der Waals surface area contributed by atoms with Gasteiger partial charge >= 0.3 is 0 Å². The maximum atomic E-state index is 12.4. The summed E-state index contributed by atoms with van der Waals surface area (Å²) >= 11 is 0. The monoisotopic (exact) mass is 321 g/mol. The first-order valence-corrected chi connectivity index (χ1v) is 7.85. The quantitative estimate of drug-likeness (QED) is 0.756. The summed E-state index contributed by atoms with van der Waals surface area (Å²) in [5, 5.41) is 16.9. The summed E-state index contributed by atoms with van der Waals surface area (Å²) < 4.78 is 1.72. The molecule has 2 N–H and O–H groups in total. The molecule has 0 saturated heterocycles. The number of aromatic hydroxyl groups is 1. The fraction of sp³-hybridized carbons (Fsp3) is 0.158. The molecule has 0 radical (unpaired) electrons. The van der Waals surface area contributed by atoms with Gasteiger partial charge in [-0.25, -0.2) is 0 Å². The highest BCUT2D eigenvalue weighted by Gasteiger charge is 2.13. The number of anilines is 1.